The number of likely N-dealkylation sites (N-methyl/N-ethyl adjacent to an activating group) is 1. The van der Waals surface area contributed by atoms with E-state index in [-0.39, 0.29) is 43.1 Å². The molecule has 1 aromatic heterocycles. The van der Waals surface area contributed by atoms with Gasteiger partial charge in [-0.15, -0.1) is 0 Å². The highest BCUT2D eigenvalue weighted by Crippen LogP contribution is 2.48. The summed E-state index contributed by atoms with van der Waals surface area (Å²) in [6.07, 6.45) is 8.15. The summed E-state index contributed by atoms with van der Waals surface area (Å²) in [6, 6.07) is 1.62. The first-order valence-electron chi connectivity index (χ1n) is 20.5. The largest absolute Gasteiger partial charge is 0.494 e. The number of benzene rings is 1. The highest BCUT2D eigenvalue weighted by Gasteiger charge is 2.63. The SMILES string of the molecule is CC[C@@H]1C[C@H](C)CCC=C[C@@H]2C[C@@]2(C(=O)NS(=O)(=O)C2(C)CC2)NC(=O)[C@@H]2C[C@@H](Oc3ncc(OC)c4ccc(F)cc34)CN2C(=O)[C@H]1NC(=O)N1CCN(C)CC1. The number of sulfonamides is 1. The lowest BCUT2D eigenvalue weighted by molar-refractivity contribution is -0.142. The first-order chi connectivity index (χ1) is 27.6. The number of fused-ring (bicyclic) bond motifs is 3. The summed E-state index contributed by atoms with van der Waals surface area (Å²) in [5.74, 6) is -2.55. The lowest BCUT2D eigenvalue weighted by atomic mass is 9.85. The number of carbonyl (C=O) groups is 4. The van der Waals surface area contributed by atoms with E-state index in [4.69, 9.17) is 9.47 Å². The summed E-state index contributed by atoms with van der Waals surface area (Å²) in [6.45, 7) is 7.98. The number of urea groups is 1. The van der Waals surface area contributed by atoms with Gasteiger partial charge in [-0.05, 0) is 82.5 Å². The Hall–Kier alpha value is -4.51. The second kappa shape index (κ2) is 16.3. The van der Waals surface area contributed by atoms with Gasteiger partial charge in [0.1, 0.15) is 35.3 Å². The number of carbonyl (C=O) groups excluding carboxylic acids is 4. The Morgan fingerprint density at radius 1 is 1.10 bits per heavy atom. The van der Waals surface area contributed by atoms with Crippen LogP contribution in [0.5, 0.6) is 11.6 Å². The minimum Gasteiger partial charge on any atom is -0.494 e. The van der Waals surface area contributed by atoms with Gasteiger partial charge in [0.25, 0.3) is 5.91 Å². The number of rotatable bonds is 8. The molecule has 316 valence electrons. The number of halogens is 1. The minimum atomic E-state index is -4.02. The third-order valence-electron chi connectivity index (χ3n) is 13.0. The molecule has 17 heteroatoms. The Kier molecular flexibility index (Phi) is 11.7. The van der Waals surface area contributed by atoms with Crippen molar-refractivity contribution in [1.29, 1.82) is 0 Å². The summed E-state index contributed by atoms with van der Waals surface area (Å²) in [4.78, 5) is 67.3. The van der Waals surface area contributed by atoms with E-state index >= 15 is 4.79 Å². The lowest BCUT2D eigenvalue weighted by Gasteiger charge is -2.37. The topological polar surface area (TPSA) is 180 Å². The molecule has 7 rings (SSSR count). The molecular formula is C41H56FN7O8S. The average Bonchev–Trinajstić information content (AvgIpc) is 4.07. The van der Waals surface area contributed by atoms with E-state index in [1.165, 1.54) is 30.3 Å². The zero-order chi connectivity index (χ0) is 41.6. The van der Waals surface area contributed by atoms with Crippen LogP contribution in [0.1, 0.15) is 72.1 Å². The van der Waals surface area contributed by atoms with Crippen molar-refractivity contribution in [2.45, 2.75) is 101 Å². The van der Waals surface area contributed by atoms with Crippen LogP contribution >= 0.6 is 0 Å². The van der Waals surface area contributed by atoms with E-state index < -0.39 is 68.0 Å². The fraction of sp³-hybridized carbons (Fsp3) is 0.634. The third kappa shape index (κ3) is 8.34. The third-order valence-corrected chi connectivity index (χ3v) is 15.1. The van der Waals surface area contributed by atoms with Gasteiger partial charge < -0.3 is 34.8 Å². The van der Waals surface area contributed by atoms with Crippen LogP contribution < -0.4 is 24.8 Å². The number of allylic oxidation sites excluding steroid dienone is 1. The molecule has 58 heavy (non-hydrogen) atoms. The fourth-order valence-electron chi connectivity index (χ4n) is 8.63. The Balaban J connectivity index is 1.24. The summed E-state index contributed by atoms with van der Waals surface area (Å²) in [5, 5.41) is 6.88. The Morgan fingerprint density at radius 3 is 2.53 bits per heavy atom. The average molecular weight is 826 g/mol. The van der Waals surface area contributed by atoms with Crippen LogP contribution in [0.25, 0.3) is 10.8 Å². The summed E-state index contributed by atoms with van der Waals surface area (Å²) >= 11 is 0. The van der Waals surface area contributed by atoms with E-state index in [0.717, 1.165) is 6.42 Å². The molecule has 4 heterocycles. The summed E-state index contributed by atoms with van der Waals surface area (Å²) in [7, 11) is -0.555. The molecule has 0 unspecified atom stereocenters. The molecule has 2 aliphatic carbocycles. The second-order valence-corrected chi connectivity index (χ2v) is 19.4. The normalized spacial score (nSPS) is 30.3. The van der Waals surface area contributed by atoms with Crippen molar-refractivity contribution in [3.8, 4) is 11.6 Å². The fourth-order valence-corrected chi connectivity index (χ4v) is 9.94. The van der Waals surface area contributed by atoms with Gasteiger partial charge in [-0.25, -0.2) is 22.6 Å². The maximum atomic E-state index is 15.1. The molecule has 0 radical (unpaired) electrons. The van der Waals surface area contributed by atoms with Gasteiger partial charge in [0.15, 0.2) is 0 Å². The highest BCUT2D eigenvalue weighted by atomic mass is 32.2. The molecule has 3 aliphatic heterocycles. The van der Waals surface area contributed by atoms with Gasteiger partial charge in [-0.3, -0.25) is 19.1 Å². The van der Waals surface area contributed by atoms with Gasteiger partial charge >= 0.3 is 6.03 Å². The second-order valence-electron chi connectivity index (χ2n) is 17.2. The molecule has 1 aromatic carbocycles. The number of piperazine rings is 1. The Labute approximate surface area is 339 Å². The van der Waals surface area contributed by atoms with Crippen molar-refractivity contribution < 1.29 is 41.5 Å². The van der Waals surface area contributed by atoms with E-state index in [2.05, 4.69) is 32.2 Å². The molecule has 3 N–H and O–H groups in total. The zero-order valence-corrected chi connectivity index (χ0v) is 34.8. The van der Waals surface area contributed by atoms with E-state index in [9.17, 15) is 27.2 Å². The molecular weight excluding hydrogens is 770 g/mol. The number of methoxy groups -OCH3 is 1. The van der Waals surface area contributed by atoms with Crippen molar-refractivity contribution >= 4 is 44.5 Å². The number of ether oxygens (including phenoxy) is 2. The van der Waals surface area contributed by atoms with E-state index in [0.29, 0.717) is 74.8 Å². The van der Waals surface area contributed by atoms with Crippen LogP contribution in [0.2, 0.25) is 0 Å². The zero-order valence-electron chi connectivity index (χ0n) is 34.0. The number of pyridine rings is 1. The van der Waals surface area contributed by atoms with Gasteiger partial charge in [0, 0.05) is 43.9 Å². The number of nitrogens with zero attached hydrogens (tertiary/aromatic N) is 4. The van der Waals surface area contributed by atoms with Gasteiger partial charge in [-0.1, -0.05) is 32.4 Å². The van der Waals surface area contributed by atoms with Crippen LogP contribution in [0.3, 0.4) is 0 Å². The van der Waals surface area contributed by atoms with Crippen LogP contribution in [0.15, 0.2) is 36.5 Å². The van der Waals surface area contributed by atoms with Crippen molar-refractivity contribution in [1.82, 2.24) is 35.0 Å². The van der Waals surface area contributed by atoms with Gasteiger partial charge in [0.2, 0.25) is 27.7 Å². The van der Waals surface area contributed by atoms with Crippen LogP contribution in [-0.4, -0.2) is 127 Å². The van der Waals surface area contributed by atoms with Gasteiger partial charge in [0.05, 0.1) is 30.0 Å². The number of aromatic nitrogens is 1. The molecule has 4 fully saturated rings. The van der Waals surface area contributed by atoms with Crippen molar-refractivity contribution in [3.63, 3.8) is 0 Å². The molecule has 7 atom stereocenters. The predicted molar refractivity (Wildman–Crippen MR) is 214 cm³/mol. The number of amides is 5. The highest BCUT2D eigenvalue weighted by molar-refractivity contribution is 7.91. The number of hydrogen-bond acceptors (Lipinski definition) is 10. The van der Waals surface area contributed by atoms with Crippen molar-refractivity contribution in [2.75, 3.05) is 46.9 Å². The minimum absolute atomic E-state index is 0.0248. The van der Waals surface area contributed by atoms with E-state index in [1.807, 2.05) is 26.1 Å². The maximum absolute atomic E-state index is 15.1. The van der Waals surface area contributed by atoms with Crippen molar-refractivity contribution in [2.24, 2.45) is 17.8 Å². The molecule has 0 spiro atoms. The van der Waals surface area contributed by atoms with Crippen LogP contribution in [0.4, 0.5) is 9.18 Å². The molecule has 15 nitrogen and oxygen atoms in total. The van der Waals surface area contributed by atoms with Crippen molar-refractivity contribution in [3.05, 3.63) is 42.4 Å². The molecule has 0 bridgehead atoms. The van der Waals surface area contributed by atoms with Crippen LogP contribution in [0, 0.1) is 23.6 Å². The molecule has 2 aromatic rings. The smallest absolute Gasteiger partial charge is 0.318 e. The lowest BCUT2D eigenvalue weighted by Crippen LogP contribution is -2.61. The van der Waals surface area contributed by atoms with Gasteiger partial charge in [-0.2, -0.15) is 0 Å². The number of nitrogens with one attached hydrogen (secondary N) is 3. The number of hydrogen-bond donors (Lipinski definition) is 3. The molecule has 5 aliphatic rings. The summed E-state index contributed by atoms with van der Waals surface area (Å²) in [5.41, 5.74) is -1.56. The molecule has 2 saturated carbocycles. The maximum Gasteiger partial charge on any atom is 0.318 e. The first kappa shape index (κ1) is 41.6. The van der Waals surface area contributed by atoms with E-state index in [1.54, 1.807) is 17.9 Å². The first-order valence-corrected chi connectivity index (χ1v) is 21.9. The summed E-state index contributed by atoms with van der Waals surface area (Å²) < 4.78 is 54.2. The Morgan fingerprint density at radius 2 is 1.84 bits per heavy atom. The quantitative estimate of drug-likeness (QED) is 0.335. The Bertz CT molecular complexity index is 2070. The standard InChI is InChI=1S/C41H56FN7O8S/c1-6-26-19-25(2)9-7-8-10-27-22-41(27,38(52)46-58(54,55)40(3)13-14-40)45-35(50)32-21-29(57-36-31-20-28(42)11-12-30(31)33(56-5)23-43-36)24-49(32)37(51)34(26)44-39(53)48-17-15-47(4)16-18-48/h8,10-12,20,23,25-27,29,32,34H,6-7,9,13-19,21-22,24H2,1-5H3,(H,44,53)(H,45,50)(H,46,52)/t25-,26-,27-,29-,32+,34+,41-/m1/s1. The van der Waals surface area contributed by atoms with Crippen LogP contribution in [-0.2, 0) is 24.4 Å². The monoisotopic (exact) mass is 825 g/mol. The molecule has 5 amide bonds. The molecule has 2 saturated heterocycles. The predicted octanol–water partition coefficient (Wildman–Crippen LogP) is 3.33.